The molecule has 0 aliphatic carbocycles. The van der Waals surface area contributed by atoms with Gasteiger partial charge in [-0.15, -0.1) is 0 Å². The van der Waals surface area contributed by atoms with Crippen LogP contribution in [0.25, 0.3) is 0 Å². The molecule has 20 heavy (non-hydrogen) atoms. The Labute approximate surface area is 114 Å². The third-order valence-electron chi connectivity index (χ3n) is 3.31. The van der Waals surface area contributed by atoms with Crippen LogP contribution < -0.4 is 16.2 Å². The number of nitrogens with zero attached hydrogens (tertiary/aromatic N) is 3. The van der Waals surface area contributed by atoms with E-state index in [1.54, 1.807) is 11.9 Å². The van der Waals surface area contributed by atoms with Gasteiger partial charge in [-0.1, -0.05) is 0 Å². The quantitative estimate of drug-likeness (QED) is 0.647. The summed E-state index contributed by atoms with van der Waals surface area (Å²) >= 11 is 0. The normalized spacial score (nSPS) is 22.9. The Morgan fingerprint density at radius 1 is 1.45 bits per heavy atom. The lowest BCUT2D eigenvalue weighted by Gasteiger charge is -2.28. The number of rotatable bonds is 3. The van der Waals surface area contributed by atoms with Crippen LogP contribution in [0.4, 0.5) is 24.8 Å². The molecule has 0 spiro atoms. The predicted octanol–water partition coefficient (Wildman–Crippen LogP) is 1.39. The Hall–Kier alpha value is -1.61. The van der Waals surface area contributed by atoms with Gasteiger partial charge in [0.2, 0.25) is 5.82 Å². The van der Waals surface area contributed by atoms with E-state index in [0.717, 1.165) is 6.42 Å². The molecule has 0 amide bonds. The van der Waals surface area contributed by atoms with E-state index < -0.39 is 12.0 Å². The molecule has 9 heteroatoms. The number of nitrogen functional groups attached to an aromatic ring is 1. The molecule has 2 atom stereocenters. The zero-order chi connectivity index (χ0) is 14.9. The van der Waals surface area contributed by atoms with Gasteiger partial charge in [-0.25, -0.2) is 15.8 Å². The summed E-state index contributed by atoms with van der Waals surface area (Å²) in [6.45, 7) is 2.46. The van der Waals surface area contributed by atoms with E-state index in [9.17, 15) is 13.2 Å². The van der Waals surface area contributed by atoms with Gasteiger partial charge in [0.25, 0.3) is 0 Å². The summed E-state index contributed by atoms with van der Waals surface area (Å²) in [5, 5.41) is 0. The van der Waals surface area contributed by atoms with Crippen molar-refractivity contribution in [3.63, 3.8) is 0 Å². The van der Waals surface area contributed by atoms with Crippen LogP contribution in [0, 0.1) is 0 Å². The minimum atomic E-state index is -4.62. The molecular weight excluding hydrogens is 275 g/mol. The number of nitrogens with one attached hydrogen (secondary N) is 1. The fourth-order valence-corrected chi connectivity index (χ4v) is 2.21. The second-order valence-corrected chi connectivity index (χ2v) is 4.62. The summed E-state index contributed by atoms with van der Waals surface area (Å²) in [6.07, 6.45) is -3.96. The van der Waals surface area contributed by atoms with E-state index in [-0.39, 0.29) is 23.8 Å². The molecule has 112 valence electrons. The number of ether oxygens (including phenoxy) is 1. The molecule has 1 aromatic rings. The minimum absolute atomic E-state index is 0.0309. The van der Waals surface area contributed by atoms with Crippen LogP contribution >= 0.6 is 0 Å². The first-order valence-electron chi connectivity index (χ1n) is 6.10. The molecular formula is C11H16F3N5O. The lowest BCUT2D eigenvalue weighted by atomic mass is 10.1. The summed E-state index contributed by atoms with van der Waals surface area (Å²) in [4.78, 5) is 8.55. The third kappa shape index (κ3) is 2.93. The van der Waals surface area contributed by atoms with Gasteiger partial charge in [-0.2, -0.15) is 13.2 Å². The molecule has 6 nitrogen and oxygen atoms in total. The van der Waals surface area contributed by atoms with Crippen LogP contribution in [0.5, 0.6) is 0 Å². The van der Waals surface area contributed by atoms with Crippen LogP contribution in [-0.4, -0.2) is 35.8 Å². The van der Waals surface area contributed by atoms with E-state index in [1.807, 2.05) is 6.92 Å². The van der Waals surface area contributed by atoms with Gasteiger partial charge < -0.3 is 15.1 Å². The van der Waals surface area contributed by atoms with Gasteiger partial charge in [-0.05, 0) is 13.3 Å². The van der Waals surface area contributed by atoms with Crippen molar-refractivity contribution < 1.29 is 17.9 Å². The Morgan fingerprint density at radius 3 is 2.65 bits per heavy atom. The Balaban J connectivity index is 2.35. The SMILES string of the molecule is CC1OCCC1N(C)c1cc(NN)nc(C(F)(F)F)n1. The molecule has 0 bridgehead atoms. The average Bonchev–Trinajstić information content (AvgIpc) is 2.82. The number of alkyl halides is 3. The molecule has 2 unspecified atom stereocenters. The largest absolute Gasteiger partial charge is 0.451 e. The minimum Gasteiger partial charge on any atom is -0.376 e. The molecule has 2 rings (SSSR count). The summed E-state index contributed by atoms with van der Waals surface area (Å²) < 4.78 is 43.7. The second kappa shape index (κ2) is 5.41. The van der Waals surface area contributed by atoms with Crippen molar-refractivity contribution in [2.24, 2.45) is 5.84 Å². The fraction of sp³-hybridized carbons (Fsp3) is 0.636. The van der Waals surface area contributed by atoms with E-state index in [4.69, 9.17) is 10.6 Å². The molecule has 0 saturated carbocycles. The number of likely N-dealkylation sites (N-methyl/N-ethyl adjacent to an activating group) is 1. The highest BCUT2D eigenvalue weighted by Gasteiger charge is 2.37. The number of anilines is 2. The molecule has 1 fully saturated rings. The first-order chi connectivity index (χ1) is 9.32. The Kier molecular flexibility index (Phi) is 4.00. The molecule has 1 saturated heterocycles. The number of halogens is 3. The zero-order valence-corrected chi connectivity index (χ0v) is 11.1. The Morgan fingerprint density at radius 2 is 2.15 bits per heavy atom. The van der Waals surface area contributed by atoms with Gasteiger partial charge in [0.15, 0.2) is 0 Å². The predicted molar refractivity (Wildman–Crippen MR) is 67.1 cm³/mol. The molecule has 0 aromatic carbocycles. The van der Waals surface area contributed by atoms with E-state index in [1.165, 1.54) is 6.07 Å². The van der Waals surface area contributed by atoms with Crippen LogP contribution in [0.15, 0.2) is 6.07 Å². The van der Waals surface area contributed by atoms with E-state index in [0.29, 0.717) is 6.61 Å². The smallest absolute Gasteiger partial charge is 0.376 e. The van der Waals surface area contributed by atoms with Crippen molar-refractivity contribution in [2.75, 3.05) is 24.0 Å². The van der Waals surface area contributed by atoms with Crippen molar-refractivity contribution in [1.29, 1.82) is 0 Å². The number of hydrogen-bond donors (Lipinski definition) is 2. The standard InChI is InChI=1S/C11H16F3N5O/c1-6-7(3-4-20-6)19(2)9-5-8(18-15)16-10(17-9)11(12,13)14/h5-7H,3-4,15H2,1-2H3,(H,16,17,18). The van der Waals surface area contributed by atoms with Crippen molar-refractivity contribution in [2.45, 2.75) is 31.7 Å². The zero-order valence-electron chi connectivity index (χ0n) is 11.1. The van der Waals surface area contributed by atoms with Crippen molar-refractivity contribution in [3.05, 3.63) is 11.9 Å². The van der Waals surface area contributed by atoms with Gasteiger partial charge in [0.1, 0.15) is 11.6 Å². The van der Waals surface area contributed by atoms with Crippen molar-refractivity contribution in [3.8, 4) is 0 Å². The van der Waals surface area contributed by atoms with Crippen molar-refractivity contribution >= 4 is 11.6 Å². The lowest BCUT2D eigenvalue weighted by molar-refractivity contribution is -0.144. The summed E-state index contributed by atoms with van der Waals surface area (Å²) in [6, 6.07) is 1.34. The maximum absolute atomic E-state index is 12.8. The van der Waals surface area contributed by atoms with Crippen molar-refractivity contribution in [1.82, 2.24) is 9.97 Å². The van der Waals surface area contributed by atoms with E-state index >= 15 is 0 Å². The molecule has 0 radical (unpaired) electrons. The monoisotopic (exact) mass is 291 g/mol. The average molecular weight is 291 g/mol. The van der Waals surface area contributed by atoms with Crippen LogP contribution in [-0.2, 0) is 10.9 Å². The summed E-state index contributed by atoms with van der Waals surface area (Å²) in [5.74, 6) is 4.01. The first kappa shape index (κ1) is 14.8. The highest BCUT2D eigenvalue weighted by molar-refractivity contribution is 5.49. The van der Waals surface area contributed by atoms with E-state index in [2.05, 4.69) is 15.4 Å². The van der Waals surface area contributed by atoms with Crippen LogP contribution in [0.3, 0.4) is 0 Å². The second-order valence-electron chi connectivity index (χ2n) is 4.62. The van der Waals surface area contributed by atoms with Gasteiger partial charge in [0.05, 0.1) is 12.1 Å². The molecule has 3 N–H and O–H groups in total. The first-order valence-corrected chi connectivity index (χ1v) is 6.10. The third-order valence-corrected chi connectivity index (χ3v) is 3.31. The summed E-state index contributed by atoms with van der Waals surface area (Å²) in [5.41, 5.74) is 2.13. The van der Waals surface area contributed by atoms with Gasteiger partial charge in [-0.3, -0.25) is 0 Å². The number of hydrogen-bond acceptors (Lipinski definition) is 6. The van der Waals surface area contributed by atoms with Gasteiger partial charge in [0, 0.05) is 19.7 Å². The molecule has 1 aliphatic heterocycles. The van der Waals surface area contributed by atoms with Gasteiger partial charge >= 0.3 is 6.18 Å². The molecule has 1 aliphatic rings. The topological polar surface area (TPSA) is 76.3 Å². The fourth-order valence-electron chi connectivity index (χ4n) is 2.21. The Bertz CT molecular complexity index is 482. The van der Waals surface area contributed by atoms with Crippen LogP contribution in [0.1, 0.15) is 19.2 Å². The number of aromatic nitrogens is 2. The number of nitrogens with two attached hydrogens (primary N) is 1. The molecule has 1 aromatic heterocycles. The highest BCUT2D eigenvalue weighted by Crippen LogP contribution is 2.30. The molecule has 2 heterocycles. The number of hydrazine groups is 1. The maximum atomic E-state index is 12.8. The highest BCUT2D eigenvalue weighted by atomic mass is 19.4. The lowest BCUT2D eigenvalue weighted by Crippen LogP contribution is -2.37. The maximum Gasteiger partial charge on any atom is 0.451 e. The summed E-state index contributed by atoms with van der Waals surface area (Å²) in [7, 11) is 1.68. The van der Waals surface area contributed by atoms with Crippen LogP contribution in [0.2, 0.25) is 0 Å².